The summed E-state index contributed by atoms with van der Waals surface area (Å²) in [5, 5.41) is 3.05. The molecule has 1 aliphatic carbocycles. The molecular formula is C18H28ClFN2OS. The number of carbonyl (C=O) groups excluding carboxylic acids is 1. The highest BCUT2D eigenvalue weighted by atomic mass is 35.5. The summed E-state index contributed by atoms with van der Waals surface area (Å²) in [4.78, 5) is 12.2. The Bertz CT molecular complexity index is 506. The Balaban J connectivity index is 0.00000288. The molecule has 3 N–H and O–H groups in total. The highest BCUT2D eigenvalue weighted by Crippen LogP contribution is 2.39. The van der Waals surface area contributed by atoms with Crippen LogP contribution in [0.3, 0.4) is 0 Å². The number of carbonyl (C=O) groups is 1. The van der Waals surface area contributed by atoms with E-state index < -0.39 is 6.04 Å². The van der Waals surface area contributed by atoms with E-state index in [0.29, 0.717) is 13.0 Å². The van der Waals surface area contributed by atoms with Gasteiger partial charge in [0.25, 0.3) is 0 Å². The van der Waals surface area contributed by atoms with Crippen molar-refractivity contribution in [2.45, 2.75) is 50.0 Å². The molecule has 6 heteroatoms. The third kappa shape index (κ3) is 5.64. The molecule has 1 atom stereocenters. The fourth-order valence-electron chi connectivity index (χ4n) is 3.36. The van der Waals surface area contributed by atoms with Crippen molar-refractivity contribution in [3.63, 3.8) is 0 Å². The lowest BCUT2D eigenvalue weighted by atomic mass is 9.69. The molecule has 0 unspecified atom stereocenters. The van der Waals surface area contributed by atoms with E-state index in [9.17, 15) is 9.18 Å². The first-order valence-electron chi connectivity index (χ1n) is 8.36. The molecule has 1 fully saturated rings. The molecular weight excluding hydrogens is 347 g/mol. The minimum atomic E-state index is -0.448. The summed E-state index contributed by atoms with van der Waals surface area (Å²) in [6, 6.07) is 6.30. The van der Waals surface area contributed by atoms with Crippen molar-refractivity contribution in [3.8, 4) is 0 Å². The highest BCUT2D eigenvalue weighted by Gasteiger charge is 2.34. The van der Waals surface area contributed by atoms with Crippen LogP contribution in [-0.2, 0) is 10.2 Å². The second kappa shape index (κ2) is 10.3. The third-order valence-corrected chi connectivity index (χ3v) is 5.48. The average Bonchev–Trinajstić information content (AvgIpc) is 2.59. The van der Waals surface area contributed by atoms with Gasteiger partial charge in [0, 0.05) is 12.0 Å². The van der Waals surface area contributed by atoms with Gasteiger partial charge in [0.15, 0.2) is 0 Å². The molecule has 0 aliphatic heterocycles. The zero-order chi connectivity index (χ0) is 16.7. The molecule has 24 heavy (non-hydrogen) atoms. The summed E-state index contributed by atoms with van der Waals surface area (Å²) < 4.78 is 13.2. The standard InChI is InChI=1S/C18H27FN2OS.ClH/c1-23-12-9-16(20)17(22)21-13-18(10-3-2-4-11-18)14-5-7-15(19)8-6-14;/h5-8,16H,2-4,9-13,20H2,1H3,(H,21,22);1H/t16-;/m0./s1. The van der Waals surface area contributed by atoms with Gasteiger partial charge < -0.3 is 11.1 Å². The monoisotopic (exact) mass is 374 g/mol. The zero-order valence-corrected chi connectivity index (χ0v) is 15.9. The number of rotatable bonds is 7. The van der Waals surface area contributed by atoms with E-state index in [0.717, 1.165) is 37.0 Å². The Morgan fingerprint density at radius 3 is 2.50 bits per heavy atom. The van der Waals surface area contributed by atoms with Crippen LogP contribution in [0.15, 0.2) is 24.3 Å². The van der Waals surface area contributed by atoms with Crippen LogP contribution >= 0.6 is 24.2 Å². The van der Waals surface area contributed by atoms with Crippen molar-refractivity contribution in [2.24, 2.45) is 5.73 Å². The van der Waals surface area contributed by atoms with E-state index in [-0.39, 0.29) is 29.5 Å². The van der Waals surface area contributed by atoms with Crippen molar-refractivity contribution < 1.29 is 9.18 Å². The van der Waals surface area contributed by atoms with Crippen LogP contribution in [0.2, 0.25) is 0 Å². The predicted molar refractivity (Wildman–Crippen MR) is 102 cm³/mol. The van der Waals surface area contributed by atoms with Crippen LogP contribution in [0.25, 0.3) is 0 Å². The molecule has 1 saturated carbocycles. The van der Waals surface area contributed by atoms with E-state index in [1.54, 1.807) is 11.8 Å². The molecule has 2 rings (SSSR count). The lowest BCUT2D eigenvalue weighted by Crippen LogP contribution is -2.47. The molecule has 1 amide bonds. The number of hydrogen-bond acceptors (Lipinski definition) is 3. The Morgan fingerprint density at radius 1 is 1.29 bits per heavy atom. The number of nitrogens with one attached hydrogen (secondary N) is 1. The largest absolute Gasteiger partial charge is 0.354 e. The van der Waals surface area contributed by atoms with Crippen LogP contribution in [0, 0.1) is 5.82 Å². The van der Waals surface area contributed by atoms with Crippen LogP contribution in [0.4, 0.5) is 4.39 Å². The predicted octanol–water partition coefficient (Wildman–Crippen LogP) is 3.65. The minimum Gasteiger partial charge on any atom is -0.354 e. The second-order valence-electron chi connectivity index (χ2n) is 6.45. The van der Waals surface area contributed by atoms with E-state index in [1.807, 2.05) is 18.4 Å². The fourth-order valence-corrected chi connectivity index (χ4v) is 3.85. The Hall–Kier alpha value is -0.780. The number of hydrogen-bond donors (Lipinski definition) is 2. The molecule has 3 nitrogen and oxygen atoms in total. The summed E-state index contributed by atoms with van der Waals surface area (Å²) in [6.07, 6.45) is 8.27. The zero-order valence-electron chi connectivity index (χ0n) is 14.2. The van der Waals surface area contributed by atoms with E-state index in [4.69, 9.17) is 5.73 Å². The summed E-state index contributed by atoms with van der Waals surface area (Å²) in [5.74, 6) is 0.589. The minimum absolute atomic E-state index is 0. The lowest BCUT2D eigenvalue weighted by molar-refractivity contribution is -0.122. The molecule has 136 valence electrons. The molecule has 0 spiro atoms. The SMILES string of the molecule is CSCC[C@H](N)C(=O)NCC1(c2ccc(F)cc2)CCCCC1.Cl. The van der Waals surface area contributed by atoms with Gasteiger partial charge in [0.1, 0.15) is 5.82 Å². The molecule has 0 radical (unpaired) electrons. The molecule has 1 aliphatic rings. The number of benzene rings is 1. The second-order valence-corrected chi connectivity index (χ2v) is 7.44. The van der Waals surface area contributed by atoms with E-state index in [2.05, 4.69) is 5.32 Å². The quantitative estimate of drug-likeness (QED) is 0.766. The highest BCUT2D eigenvalue weighted by molar-refractivity contribution is 7.98. The number of nitrogens with two attached hydrogens (primary N) is 1. The van der Waals surface area contributed by atoms with Crippen molar-refractivity contribution >= 4 is 30.1 Å². The topological polar surface area (TPSA) is 55.1 Å². The fraction of sp³-hybridized carbons (Fsp3) is 0.611. The summed E-state index contributed by atoms with van der Waals surface area (Å²) in [7, 11) is 0. The maximum absolute atomic E-state index is 13.2. The van der Waals surface area contributed by atoms with Crippen molar-refractivity contribution in [1.29, 1.82) is 0 Å². The average molecular weight is 375 g/mol. The van der Waals surface area contributed by atoms with Gasteiger partial charge in [-0.2, -0.15) is 11.8 Å². The molecule has 0 saturated heterocycles. The molecule has 0 aromatic heterocycles. The lowest BCUT2D eigenvalue weighted by Gasteiger charge is -2.38. The van der Waals surface area contributed by atoms with Gasteiger partial charge in [-0.15, -0.1) is 12.4 Å². The van der Waals surface area contributed by atoms with Gasteiger partial charge in [-0.25, -0.2) is 4.39 Å². The number of thioether (sulfide) groups is 1. The Morgan fingerprint density at radius 2 is 1.92 bits per heavy atom. The first-order chi connectivity index (χ1) is 11.1. The van der Waals surface area contributed by atoms with Crippen LogP contribution in [-0.4, -0.2) is 30.5 Å². The van der Waals surface area contributed by atoms with Crippen LogP contribution < -0.4 is 11.1 Å². The molecule has 1 aromatic rings. The van der Waals surface area contributed by atoms with Crippen molar-refractivity contribution in [2.75, 3.05) is 18.6 Å². The van der Waals surface area contributed by atoms with Crippen molar-refractivity contribution in [1.82, 2.24) is 5.32 Å². The third-order valence-electron chi connectivity index (χ3n) is 4.84. The smallest absolute Gasteiger partial charge is 0.236 e. The first-order valence-corrected chi connectivity index (χ1v) is 9.75. The van der Waals surface area contributed by atoms with Gasteiger partial charge in [0.2, 0.25) is 5.91 Å². The summed E-state index contributed by atoms with van der Waals surface area (Å²) in [6.45, 7) is 0.588. The molecule has 0 heterocycles. The van der Waals surface area contributed by atoms with Crippen molar-refractivity contribution in [3.05, 3.63) is 35.6 Å². The van der Waals surface area contributed by atoms with Gasteiger partial charge in [-0.3, -0.25) is 4.79 Å². The van der Waals surface area contributed by atoms with Crippen LogP contribution in [0.1, 0.15) is 44.1 Å². The normalized spacial score (nSPS) is 17.6. The summed E-state index contributed by atoms with van der Waals surface area (Å²) in [5.41, 5.74) is 6.98. The molecule has 1 aromatic carbocycles. The molecule has 0 bridgehead atoms. The maximum Gasteiger partial charge on any atom is 0.236 e. The van der Waals surface area contributed by atoms with Gasteiger partial charge >= 0.3 is 0 Å². The van der Waals surface area contributed by atoms with Gasteiger partial charge in [0.05, 0.1) is 6.04 Å². The first kappa shape index (κ1) is 21.3. The Labute approximate surface area is 154 Å². The number of halogens is 2. The maximum atomic E-state index is 13.2. The van der Waals surface area contributed by atoms with E-state index in [1.165, 1.54) is 18.6 Å². The van der Waals surface area contributed by atoms with Gasteiger partial charge in [-0.05, 0) is 49.0 Å². The number of amides is 1. The van der Waals surface area contributed by atoms with Gasteiger partial charge in [-0.1, -0.05) is 31.4 Å². The summed E-state index contributed by atoms with van der Waals surface area (Å²) >= 11 is 1.70. The van der Waals surface area contributed by atoms with Crippen LogP contribution in [0.5, 0.6) is 0 Å². The Kier molecular flexibility index (Phi) is 9.09. The van der Waals surface area contributed by atoms with E-state index >= 15 is 0 Å².